The SMILES string of the molecule is C=CCCCOc1nccc(C)c1C(=O)O. The Morgan fingerprint density at radius 2 is 2.44 bits per heavy atom. The van der Waals surface area contributed by atoms with Gasteiger partial charge in [0.25, 0.3) is 0 Å². The monoisotopic (exact) mass is 221 g/mol. The van der Waals surface area contributed by atoms with Gasteiger partial charge in [-0.05, 0) is 31.4 Å². The fraction of sp³-hybridized carbons (Fsp3) is 0.333. The number of carboxylic acid groups (broad SMARTS) is 1. The first kappa shape index (κ1) is 12.2. The maximum atomic E-state index is 11.0. The molecule has 1 aromatic heterocycles. The van der Waals surface area contributed by atoms with E-state index in [2.05, 4.69) is 11.6 Å². The van der Waals surface area contributed by atoms with Gasteiger partial charge in [-0.1, -0.05) is 6.08 Å². The van der Waals surface area contributed by atoms with E-state index in [-0.39, 0.29) is 11.4 Å². The summed E-state index contributed by atoms with van der Waals surface area (Å²) < 4.78 is 5.34. The van der Waals surface area contributed by atoms with Crippen LogP contribution in [0.2, 0.25) is 0 Å². The lowest BCUT2D eigenvalue weighted by atomic mass is 10.1. The molecule has 1 aromatic rings. The van der Waals surface area contributed by atoms with Crippen molar-refractivity contribution < 1.29 is 14.6 Å². The third-order valence-corrected chi connectivity index (χ3v) is 2.13. The molecule has 4 nitrogen and oxygen atoms in total. The molecule has 0 aliphatic heterocycles. The number of rotatable bonds is 6. The number of pyridine rings is 1. The topological polar surface area (TPSA) is 59.4 Å². The van der Waals surface area contributed by atoms with Crippen LogP contribution >= 0.6 is 0 Å². The number of hydrogen-bond donors (Lipinski definition) is 1. The second-order valence-corrected chi connectivity index (χ2v) is 3.39. The first-order chi connectivity index (χ1) is 7.66. The third kappa shape index (κ3) is 3.08. The number of aryl methyl sites for hydroxylation is 1. The predicted molar refractivity (Wildman–Crippen MR) is 60.9 cm³/mol. The Balaban J connectivity index is 2.75. The molecule has 4 heteroatoms. The first-order valence-corrected chi connectivity index (χ1v) is 5.09. The van der Waals surface area contributed by atoms with Gasteiger partial charge in [0.05, 0.1) is 6.61 Å². The number of aromatic nitrogens is 1. The number of hydrogen-bond acceptors (Lipinski definition) is 3. The largest absolute Gasteiger partial charge is 0.477 e. The summed E-state index contributed by atoms with van der Waals surface area (Å²) in [6.07, 6.45) is 4.99. The Kier molecular flexibility index (Phi) is 4.51. The third-order valence-electron chi connectivity index (χ3n) is 2.13. The average Bonchev–Trinajstić information content (AvgIpc) is 2.24. The van der Waals surface area contributed by atoms with E-state index in [1.54, 1.807) is 25.3 Å². The summed E-state index contributed by atoms with van der Waals surface area (Å²) in [5.41, 5.74) is 0.794. The van der Waals surface area contributed by atoms with Crippen LogP contribution in [0.5, 0.6) is 5.88 Å². The molecular formula is C12H15NO3. The number of unbranched alkanes of at least 4 members (excludes halogenated alkanes) is 1. The number of nitrogens with zero attached hydrogens (tertiary/aromatic N) is 1. The summed E-state index contributed by atoms with van der Waals surface area (Å²) in [7, 11) is 0. The zero-order valence-electron chi connectivity index (χ0n) is 9.27. The van der Waals surface area contributed by atoms with Crippen LogP contribution in [-0.4, -0.2) is 22.7 Å². The smallest absolute Gasteiger partial charge is 0.341 e. The molecule has 1 N–H and O–H groups in total. The number of carboxylic acids is 1. The number of aromatic carboxylic acids is 1. The van der Waals surface area contributed by atoms with Crippen LogP contribution in [0.25, 0.3) is 0 Å². The van der Waals surface area contributed by atoms with Crippen LogP contribution in [-0.2, 0) is 0 Å². The zero-order valence-corrected chi connectivity index (χ0v) is 9.27. The van der Waals surface area contributed by atoms with Crippen molar-refractivity contribution in [3.63, 3.8) is 0 Å². The van der Waals surface area contributed by atoms with Gasteiger partial charge in [-0.3, -0.25) is 0 Å². The van der Waals surface area contributed by atoms with Crippen LogP contribution in [0.1, 0.15) is 28.8 Å². The predicted octanol–water partition coefficient (Wildman–Crippen LogP) is 2.43. The molecule has 0 atom stereocenters. The molecule has 0 saturated carbocycles. The van der Waals surface area contributed by atoms with E-state index in [0.717, 1.165) is 12.8 Å². The van der Waals surface area contributed by atoms with Gasteiger partial charge in [0.15, 0.2) is 0 Å². The van der Waals surface area contributed by atoms with E-state index in [0.29, 0.717) is 12.2 Å². The maximum Gasteiger partial charge on any atom is 0.341 e. The van der Waals surface area contributed by atoms with Gasteiger partial charge in [0.2, 0.25) is 5.88 Å². The summed E-state index contributed by atoms with van der Waals surface area (Å²) in [5, 5.41) is 9.01. The second kappa shape index (κ2) is 5.90. The van der Waals surface area contributed by atoms with E-state index in [1.165, 1.54) is 0 Å². The van der Waals surface area contributed by atoms with Gasteiger partial charge in [0, 0.05) is 6.20 Å². The maximum absolute atomic E-state index is 11.0. The van der Waals surface area contributed by atoms with E-state index in [9.17, 15) is 4.79 Å². The van der Waals surface area contributed by atoms with Crippen molar-refractivity contribution in [3.8, 4) is 5.88 Å². The zero-order chi connectivity index (χ0) is 12.0. The Bertz CT molecular complexity index is 388. The van der Waals surface area contributed by atoms with Gasteiger partial charge in [-0.2, -0.15) is 0 Å². The van der Waals surface area contributed by atoms with Gasteiger partial charge in [-0.25, -0.2) is 9.78 Å². The number of carbonyl (C=O) groups is 1. The molecule has 0 spiro atoms. The quantitative estimate of drug-likeness (QED) is 0.592. The molecule has 0 aliphatic carbocycles. The lowest BCUT2D eigenvalue weighted by Gasteiger charge is -2.08. The molecule has 0 fully saturated rings. The Morgan fingerprint density at radius 3 is 3.06 bits per heavy atom. The molecule has 0 radical (unpaired) electrons. The normalized spacial score (nSPS) is 9.81. The van der Waals surface area contributed by atoms with Crippen molar-refractivity contribution >= 4 is 5.97 Å². The summed E-state index contributed by atoms with van der Waals surface area (Å²) in [6, 6.07) is 1.65. The fourth-order valence-electron chi connectivity index (χ4n) is 1.30. The van der Waals surface area contributed by atoms with E-state index in [4.69, 9.17) is 9.84 Å². The molecule has 0 unspecified atom stereocenters. The molecule has 86 valence electrons. The molecule has 0 bridgehead atoms. The van der Waals surface area contributed by atoms with Crippen molar-refractivity contribution in [2.75, 3.05) is 6.61 Å². The van der Waals surface area contributed by atoms with Crippen LogP contribution in [0.4, 0.5) is 0 Å². The van der Waals surface area contributed by atoms with Crippen molar-refractivity contribution in [2.45, 2.75) is 19.8 Å². The van der Waals surface area contributed by atoms with Crippen LogP contribution in [0.15, 0.2) is 24.9 Å². The van der Waals surface area contributed by atoms with Crippen molar-refractivity contribution in [2.24, 2.45) is 0 Å². The number of ether oxygens (including phenoxy) is 1. The molecular weight excluding hydrogens is 206 g/mol. The lowest BCUT2D eigenvalue weighted by Crippen LogP contribution is -2.08. The van der Waals surface area contributed by atoms with E-state index >= 15 is 0 Å². The highest BCUT2D eigenvalue weighted by Gasteiger charge is 2.15. The minimum absolute atomic E-state index is 0.140. The van der Waals surface area contributed by atoms with Gasteiger partial charge >= 0.3 is 5.97 Å². The van der Waals surface area contributed by atoms with Crippen LogP contribution in [0, 0.1) is 6.92 Å². The second-order valence-electron chi connectivity index (χ2n) is 3.39. The lowest BCUT2D eigenvalue weighted by molar-refractivity contribution is 0.0690. The number of allylic oxidation sites excluding steroid dienone is 1. The van der Waals surface area contributed by atoms with Gasteiger partial charge in [0.1, 0.15) is 5.56 Å². The highest BCUT2D eigenvalue weighted by Crippen LogP contribution is 2.19. The highest BCUT2D eigenvalue weighted by molar-refractivity contribution is 5.91. The average molecular weight is 221 g/mol. The Morgan fingerprint density at radius 1 is 1.69 bits per heavy atom. The summed E-state index contributed by atoms with van der Waals surface area (Å²) in [6.45, 7) is 5.77. The first-order valence-electron chi connectivity index (χ1n) is 5.09. The molecule has 1 heterocycles. The van der Waals surface area contributed by atoms with Crippen molar-refractivity contribution in [1.29, 1.82) is 0 Å². The van der Waals surface area contributed by atoms with Crippen molar-refractivity contribution in [1.82, 2.24) is 4.98 Å². The minimum atomic E-state index is -1.01. The molecule has 0 amide bonds. The molecule has 0 saturated heterocycles. The minimum Gasteiger partial charge on any atom is -0.477 e. The van der Waals surface area contributed by atoms with E-state index in [1.807, 2.05) is 0 Å². The van der Waals surface area contributed by atoms with Crippen LogP contribution < -0.4 is 4.74 Å². The van der Waals surface area contributed by atoms with Gasteiger partial charge in [-0.15, -0.1) is 6.58 Å². The molecule has 0 aromatic carbocycles. The standard InChI is InChI=1S/C12H15NO3/c1-3-4-5-8-16-11-10(12(14)15)9(2)6-7-13-11/h3,6-7H,1,4-5,8H2,2H3,(H,14,15). The Hall–Kier alpha value is -1.84. The summed E-state index contributed by atoms with van der Waals surface area (Å²) >= 11 is 0. The van der Waals surface area contributed by atoms with Gasteiger partial charge < -0.3 is 9.84 Å². The highest BCUT2D eigenvalue weighted by atomic mass is 16.5. The molecule has 1 rings (SSSR count). The van der Waals surface area contributed by atoms with Crippen molar-refractivity contribution in [3.05, 3.63) is 36.0 Å². The summed E-state index contributed by atoms with van der Waals surface area (Å²) in [4.78, 5) is 14.9. The van der Waals surface area contributed by atoms with E-state index < -0.39 is 5.97 Å². The molecule has 16 heavy (non-hydrogen) atoms. The Labute approximate surface area is 94.6 Å². The fourth-order valence-corrected chi connectivity index (χ4v) is 1.30. The molecule has 0 aliphatic rings. The van der Waals surface area contributed by atoms with Crippen LogP contribution in [0.3, 0.4) is 0 Å². The summed E-state index contributed by atoms with van der Waals surface area (Å²) in [5.74, 6) is -0.819.